The lowest BCUT2D eigenvalue weighted by Crippen LogP contribution is -2.38. The van der Waals surface area contributed by atoms with E-state index in [0.29, 0.717) is 24.5 Å². The molecule has 37 heavy (non-hydrogen) atoms. The van der Waals surface area contributed by atoms with Crippen LogP contribution in [0, 0.1) is 0 Å². The first-order chi connectivity index (χ1) is 18.1. The lowest BCUT2D eigenvalue weighted by atomic mass is 10.1. The normalized spacial score (nSPS) is 10.8. The van der Waals surface area contributed by atoms with Gasteiger partial charge in [-0.15, -0.1) is 10.2 Å². The highest BCUT2D eigenvalue weighted by Gasteiger charge is 2.12. The van der Waals surface area contributed by atoms with Crippen LogP contribution in [0.25, 0.3) is 15.5 Å². The molecule has 8 nitrogen and oxygen atoms in total. The third-order valence-electron chi connectivity index (χ3n) is 5.62. The molecule has 1 amide bonds. The minimum atomic E-state index is -0.280. The van der Waals surface area contributed by atoms with Gasteiger partial charge in [0.1, 0.15) is 17.4 Å². The maximum absolute atomic E-state index is 12.6. The molecule has 2 aromatic heterocycles. The third kappa shape index (κ3) is 5.99. The van der Waals surface area contributed by atoms with Gasteiger partial charge in [-0.25, -0.2) is 0 Å². The average Bonchev–Trinajstić information content (AvgIpc) is 3.53. The monoisotopic (exact) mass is 528 g/mol. The molecule has 2 heterocycles. The van der Waals surface area contributed by atoms with Crippen molar-refractivity contribution in [3.8, 4) is 16.3 Å². The van der Waals surface area contributed by atoms with Gasteiger partial charge in [0.2, 0.25) is 4.96 Å². The number of hydrogen-bond donors (Lipinski definition) is 2. The second-order valence-corrected chi connectivity index (χ2v) is 9.57. The van der Waals surface area contributed by atoms with E-state index < -0.39 is 0 Å². The SMILES string of the molecule is CCc1nnc2sc(-c3ccc(CNC(=S)NC(=O)c4ccc(OCc5ccccc5)cc4)cc3)nn12. The number of carbonyl (C=O) groups excluding carboxylic acids is 1. The molecule has 0 bridgehead atoms. The molecule has 0 spiro atoms. The Balaban J connectivity index is 1.10. The second kappa shape index (κ2) is 11.3. The Kier molecular flexibility index (Phi) is 7.48. The van der Waals surface area contributed by atoms with Crippen LogP contribution in [0.4, 0.5) is 0 Å². The van der Waals surface area contributed by atoms with Gasteiger partial charge in [0.25, 0.3) is 5.91 Å². The number of fused-ring (bicyclic) bond motifs is 1. The molecule has 10 heteroatoms. The Hall–Kier alpha value is -4.15. The van der Waals surface area contributed by atoms with Crippen LogP contribution in [0.3, 0.4) is 0 Å². The molecule has 5 rings (SSSR count). The number of nitrogens with one attached hydrogen (secondary N) is 2. The zero-order chi connectivity index (χ0) is 25.6. The predicted octanol–water partition coefficient (Wildman–Crippen LogP) is 4.80. The van der Waals surface area contributed by atoms with Gasteiger partial charge in [-0.1, -0.05) is 72.9 Å². The van der Waals surface area contributed by atoms with E-state index in [9.17, 15) is 4.79 Å². The van der Waals surface area contributed by atoms with E-state index in [-0.39, 0.29) is 11.0 Å². The maximum atomic E-state index is 12.6. The molecule has 0 aliphatic carbocycles. The van der Waals surface area contributed by atoms with Crippen LogP contribution >= 0.6 is 23.6 Å². The number of rotatable bonds is 8. The van der Waals surface area contributed by atoms with Crippen LogP contribution in [0.2, 0.25) is 0 Å². The summed E-state index contributed by atoms with van der Waals surface area (Å²) in [4.78, 5) is 13.3. The Morgan fingerprint density at radius 1 is 0.973 bits per heavy atom. The van der Waals surface area contributed by atoms with Crippen molar-refractivity contribution in [2.75, 3.05) is 0 Å². The first-order valence-electron chi connectivity index (χ1n) is 11.8. The fourth-order valence-corrected chi connectivity index (χ4v) is 4.63. The molecule has 0 unspecified atom stereocenters. The summed E-state index contributed by atoms with van der Waals surface area (Å²) in [6.07, 6.45) is 0.778. The zero-order valence-electron chi connectivity index (χ0n) is 20.0. The number of hydrogen-bond acceptors (Lipinski definition) is 7. The fraction of sp³-hybridized carbons (Fsp3) is 0.148. The Morgan fingerprint density at radius 2 is 1.73 bits per heavy atom. The summed E-state index contributed by atoms with van der Waals surface area (Å²) in [5.74, 6) is 1.26. The van der Waals surface area contributed by atoms with Crippen LogP contribution in [-0.2, 0) is 19.6 Å². The number of nitrogens with zero attached hydrogens (tertiary/aromatic N) is 4. The van der Waals surface area contributed by atoms with E-state index >= 15 is 0 Å². The smallest absolute Gasteiger partial charge is 0.257 e. The van der Waals surface area contributed by atoms with E-state index in [1.807, 2.05) is 61.5 Å². The van der Waals surface area contributed by atoms with E-state index in [1.54, 1.807) is 28.8 Å². The molecule has 0 saturated carbocycles. The molecule has 0 fully saturated rings. The van der Waals surface area contributed by atoms with Crippen molar-refractivity contribution in [3.05, 3.63) is 101 Å². The van der Waals surface area contributed by atoms with Gasteiger partial charge in [0.15, 0.2) is 10.9 Å². The number of ether oxygens (including phenoxy) is 1. The van der Waals surface area contributed by atoms with E-state index in [4.69, 9.17) is 17.0 Å². The molecule has 3 aromatic carbocycles. The molecule has 0 aliphatic heterocycles. The quantitative estimate of drug-likeness (QED) is 0.280. The molecule has 2 N–H and O–H groups in total. The summed E-state index contributed by atoms with van der Waals surface area (Å²) in [5, 5.41) is 19.9. The van der Waals surface area contributed by atoms with Crippen LogP contribution in [-0.4, -0.2) is 30.8 Å². The summed E-state index contributed by atoms with van der Waals surface area (Å²) in [5.41, 5.74) is 3.61. The summed E-state index contributed by atoms with van der Waals surface area (Å²) in [6, 6.07) is 24.9. The Labute approximate surface area is 223 Å². The van der Waals surface area contributed by atoms with E-state index in [1.165, 1.54) is 11.3 Å². The molecule has 0 atom stereocenters. The van der Waals surface area contributed by atoms with Crippen molar-refractivity contribution in [1.29, 1.82) is 0 Å². The number of aromatic nitrogens is 4. The van der Waals surface area contributed by atoms with Crippen LogP contribution in [0.5, 0.6) is 5.75 Å². The Morgan fingerprint density at radius 3 is 2.46 bits per heavy atom. The van der Waals surface area contributed by atoms with Gasteiger partial charge in [-0.05, 0) is 47.6 Å². The highest BCUT2D eigenvalue weighted by molar-refractivity contribution is 7.80. The number of aryl methyl sites for hydroxylation is 1. The van der Waals surface area contributed by atoms with Crippen LogP contribution < -0.4 is 15.4 Å². The lowest BCUT2D eigenvalue weighted by Gasteiger charge is -2.11. The predicted molar refractivity (Wildman–Crippen MR) is 148 cm³/mol. The first-order valence-corrected chi connectivity index (χ1v) is 13.0. The van der Waals surface area contributed by atoms with Gasteiger partial charge in [0.05, 0.1) is 0 Å². The topological polar surface area (TPSA) is 93.4 Å². The van der Waals surface area contributed by atoms with Gasteiger partial charge < -0.3 is 10.1 Å². The fourth-order valence-electron chi connectivity index (χ4n) is 3.61. The van der Waals surface area contributed by atoms with Crippen molar-refractivity contribution >= 4 is 39.5 Å². The van der Waals surface area contributed by atoms with Gasteiger partial charge in [-0.3, -0.25) is 10.1 Å². The molecule has 0 radical (unpaired) electrons. The van der Waals surface area contributed by atoms with Crippen molar-refractivity contribution in [1.82, 2.24) is 30.4 Å². The Bertz CT molecular complexity index is 1510. The van der Waals surface area contributed by atoms with Gasteiger partial charge in [0, 0.05) is 24.1 Å². The minimum absolute atomic E-state index is 0.263. The van der Waals surface area contributed by atoms with Gasteiger partial charge in [-0.2, -0.15) is 9.61 Å². The van der Waals surface area contributed by atoms with Crippen LogP contribution in [0.15, 0.2) is 78.9 Å². The molecule has 186 valence electrons. The van der Waals surface area contributed by atoms with Crippen molar-refractivity contribution in [3.63, 3.8) is 0 Å². The summed E-state index contributed by atoms with van der Waals surface area (Å²) in [6.45, 7) is 2.98. The largest absolute Gasteiger partial charge is 0.489 e. The summed E-state index contributed by atoms with van der Waals surface area (Å²) in [7, 11) is 0. The number of carbonyl (C=O) groups is 1. The summed E-state index contributed by atoms with van der Waals surface area (Å²) >= 11 is 6.82. The molecule has 5 aromatic rings. The highest BCUT2D eigenvalue weighted by atomic mass is 32.1. The number of thiocarbonyl (C=S) groups is 1. The first kappa shape index (κ1) is 24.5. The highest BCUT2D eigenvalue weighted by Crippen LogP contribution is 2.25. The van der Waals surface area contributed by atoms with Crippen molar-refractivity contribution in [2.24, 2.45) is 0 Å². The molecule has 0 saturated heterocycles. The van der Waals surface area contributed by atoms with Crippen molar-refractivity contribution in [2.45, 2.75) is 26.5 Å². The second-order valence-electron chi connectivity index (χ2n) is 8.20. The molecule has 0 aliphatic rings. The van der Waals surface area contributed by atoms with E-state index in [0.717, 1.165) is 38.9 Å². The molecular formula is C27H24N6O2S2. The van der Waals surface area contributed by atoms with E-state index in [2.05, 4.69) is 25.9 Å². The average molecular weight is 529 g/mol. The minimum Gasteiger partial charge on any atom is -0.489 e. The third-order valence-corrected chi connectivity index (χ3v) is 6.81. The van der Waals surface area contributed by atoms with Gasteiger partial charge >= 0.3 is 0 Å². The van der Waals surface area contributed by atoms with Crippen molar-refractivity contribution < 1.29 is 9.53 Å². The van der Waals surface area contributed by atoms with Crippen LogP contribution in [0.1, 0.15) is 34.2 Å². The number of amides is 1. The lowest BCUT2D eigenvalue weighted by molar-refractivity contribution is 0.0976. The standard InChI is InChI=1S/C27H24N6O2S2/c1-2-23-30-31-27-33(23)32-25(37-27)21-10-8-18(9-11-21)16-28-26(36)29-24(34)20-12-14-22(15-13-20)35-17-19-6-4-3-5-7-19/h3-15H,2,16-17H2,1H3,(H2,28,29,34,36). The summed E-state index contributed by atoms with van der Waals surface area (Å²) < 4.78 is 7.57. The maximum Gasteiger partial charge on any atom is 0.257 e. The zero-order valence-corrected chi connectivity index (χ0v) is 21.7. The molecular weight excluding hydrogens is 504 g/mol. The number of benzene rings is 3.